The Morgan fingerprint density at radius 2 is 1.65 bits per heavy atom. The number of ketones is 1. The van der Waals surface area contributed by atoms with E-state index in [2.05, 4.69) is 15.5 Å². The maximum absolute atomic E-state index is 13.0. The van der Waals surface area contributed by atoms with E-state index in [-0.39, 0.29) is 24.6 Å². The standard InChI is InChI=1S/C36H43N3O7/c1-25(41)32(20-26-6-3-2-4-7-26)38-35(42)37-30-9-5-8-29(21-30)34-45-31(22-33(46-34)28-12-10-27(24-40)11-13-28)23-39-16-14-36(15-17-39)43-18-19-44-36/h2-13,21,31-34,40H,14-20,22-24H2,1H3,(H2,37,38,42)/t31-,32+,33+,34?/m0/s1. The number of nitrogens with one attached hydrogen (secondary N) is 2. The van der Waals surface area contributed by atoms with Gasteiger partial charge in [0.1, 0.15) is 0 Å². The number of anilines is 1. The molecule has 3 aliphatic rings. The first-order valence-corrected chi connectivity index (χ1v) is 16.1. The number of aliphatic hydroxyl groups is 1. The fourth-order valence-corrected chi connectivity index (χ4v) is 6.42. The lowest BCUT2D eigenvalue weighted by Crippen LogP contribution is -2.48. The molecule has 0 bridgehead atoms. The van der Waals surface area contributed by atoms with Gasteiger partial charge in [0.2, 0.25) is 0 Å². The zero-order valence-corrected chi connectivity index (χ0v) is 26.2. The highest BCUT2D eigenvalue weighted by molar-refractivity contribution is 5.93. The van der Waals surface area contributed by atoms with Gasteiger partial charge >= 0.3 is 6.03 Å². The van der Waals surface area contributed by atoms with E-state index in [4.69, 9.17) is 18.9 Å². The first-order chi connectivity index (χ1) is 22.4. The van der Waals surface area contributed by atoms with Crippen molar-refractivity contribution in [2.45, 2.75) is 69.5 Å². The van der Waals surface area contributed by atoms with Gasteiger partial charge in [-0.2, -0.15) is 0 Å². The summed E-state index contributed by atoms with van der Waals surface area (Å²) in [4.78, 5) is 27.7. The van der Waals surface area contributed by atoms with Gasteiger partial charge in [-0.1, -0.05) is 66.7 Å². The summed E-state index contributed by atoms with van der Waals surface area (Å²) in [5.41, 5.74) is 4.17. The van der Waals surface area contributed by atoms with Crippen LogP contribution in [0.3, 0.4) is 0 Å². The third kappa shape index (κ3) is 8.19. The molecule has 46 heavy (non-hydrogen) atoms. The summed E-state index contributed by atoms with van der Waals surface area (Å²) in [6.07, 6.45) is 1.77. The third-order valence-electron chi connectivity index (χ3n) is 9.00. The van der Waals surface area contributed by atoms with Gasteiger partial charge in [-0.15, -0.1) is 0 Å². The lowest BCUT2D eigenvalue weighted by molar-refractivity contribution is -0.255. The maximum Gasteiger partial charge on any atom is 0.319 e. The molecule has 2 amide bonds. The number of rotatable bonds is 10. The number of carbonyl (C=O) groups excluding carboxylic acids is 2. The van der Waals surface area contributed by atoms with E-state index in [1.54, 1.807) is 6.07 Å². The molecule has 1 spiro atoms. The van der Waals surface area contributed by atoms with Gasteiger partial charge < -0.3 is 39.6 Å². The van der Waals surface area contributed by atoms with Crippen molar-refractivity contribution >= 4 is 17.5 Å². The number of amides is 2. The summed E-state index contributed by atoms with van der Waals surface area (Å²) in [6, 6.07) is 23.7. The average Bonchev–Trinajstić information content (AvgIpc) is 3.54. The third-order valence-corrected chi connectivity index (χ3v) is 9.00. The predicted molar refractivity (Wildman–Crippen MR) is 172 cm³/mol. The Hall–Kier alpha value is -3.64. The number of Topliss-reactive ketones (excluding diaryl/α,β-unsaturated/α-hetero) is 1. The molecule has 0 radical (unpaired) electrons. The van der Waals surface area contributed by atoms with Crippen molar-refractivity contribution in [2.24, 2.45) is 0 Å². The molecule has 3 aromatic rings. The van der Waals surface area contributed by atoms with Gasteiger partial charge in [-0.25, -0.2) is 4.79 Å². The molecule has 3 aromatic carbocycles. The van der Waals surface area contributed by atoms with Crippen LogP contribution in [0.2, 0.25) is 0 Å². The number of likely N-dealkylation sites (tertiary alicyclic amines) is 1. The van der Waals surface area contributed by atoms with Crippen LogP contribution < -0.4 is 10.6 Å². The molecule has 10 heteroatoms. The minimum atomic E-state index is -0.660. The molecule has 4 atom stereocenters. The number of hydrogen-bond acceptors (Lipinski definition) is 8. The molecule has 10 nitrogen and oxygen atoms in total. The van der Waals surface area contributed by atoms with Crippen LogP contribution in [0.5, 0.6) is 0 Å². The zero-order chi connectivity index (χ0) is 31.9. The van der Waals surface area contributed by atoms with Gasteiger partial charge in [0.15, 0.2) is 17.9 Å². The van der Waals surface area contributed by atoms with Crippen LogP contribution in [0, 0.1) is 0 Å². The van der Waals surface area contributed by atoms with Gasteiger partial charge in [0, 0.05) is 50.1 Å². The highest BCUT2D eigenvalue weighted by Gasteiger charge is 2.41. The highest BCUT2D eigenvalue weighted by Crippen LogP contribution is 2.39. The quantitative estimate of drug-likeness (QED) is 0.290. The molecule has 0 aliphatic carbocycles. The molecular weight excluding hydrogens is 586 g/mol. The summed E-state index contributed by atoms with van der Waals surface area (Å²) < 4.78 is 24.9. The van der Waals surface area contributed by atoms with Crippen molar-refractivity contribution < 1.29 is 33.6 Å². The van der Waals surface area contributed by atoms with E-state index in [0.717, 1.165) is 54.7 Å². The van der Waals surface area contributed by atoms with Gasteiger partial charge in [0.25, 0.3) is 0 Å². The SMILES string of the molecule is CC(=O)[C@@H](Cc1ccccc1)NC(=O)Nc1cccc(C2O[C@H](CN3CCC4(CC3)OCCO4)C[C@H](c3ccc(CO)cc3)O2)c1. The average molecular weight is 630 g/mol. The van der Waals surface area contributed by atoms with Gasteiger partial charge in [-0.05, 0) is 42.2 Å². The molecular formula is C36H43N3O7. The molecule has 3 saturated heterocycles. The number of hydrogen-bond donors (Lipinski definition) is 3. The lowest BCUT2D eigenvalue weighted by atomic mass is 9.98. The van der Waals surface area contributed by atoms with Gasteiger partial charge in [0.05, 0.1) is 38.1 Å². The number of urea groups is 1. The molecule has 6 rings (SSSR count). The second kappa shape index (κ2) is 14.8. The summed E-state index contributed by atoms with van der Waals surface area (Å²) in [5.74, 6) is -0.550. The van der Waals surface area contributed by atoms with E-state index < -0.39 is 24.2 Å². The van der Waals surface area contributed by atoms with Crippen molar-refractivity contribution in [1.29, 1.82) is 0 Å². The summed E-state index contributed by atoms with van der Waals surface area (Å²) in [7, 11) is 0. The molecule has 3 fully saturated rings. The van der Waals surface area contributed by atoms with Crippen molar-refractivity contribution in [1.82, 2.24) is 10.2 Å². The molecule has 1 unspecified atom stereocenters. The van der Waals surface area contributed by atoms with Crippen molar-refractivity contribution in [2.75, 3.05) is 38.2 Å². The molecule has 3 N–H and O–H groups in total. The topological polar surface area (TPSA) is 119 Å². The Balaban J connectivity index is 1.14. The van der Waals surface area contributed by atoms with Crippen LogP contribution in [0.1, 0.15) is 60.8 Å². The first kappa shape index (κ1) is 32.3. The fourth-order valence-electron chi connectivity index (χ4n) is 6.42. The summed E-state index contributed by atoms with van der Waals surface area (Å²) in [6.45, 7) is 5.24. The number of aliphatic hydroxyl groups excluding tert-OH is 1. The van der Waals surface area contributed by atoms with Crippen LogP contribution in [0.4, 0.5) is 10.5 Å². The Bertz CT molecular complexity index is 1450. The maximum atomic E-state index is 13.0. The number of ether oxygens (including phenoxy) is 4. The van der Waals surface area contributed by atoms with E-state index in [0.29, 0.717) is 31.7 Å². The fraction of sp³-hybridized carbons (Fsp3) is 0.444. The van der Waals surface area contributed by atoms with Crippen LogP contribution in [0.25, 0.3) is 0 Å². The van der Waals surface area contributed by atoms with Crippen LogP contribution in [-0.2, 0) is 36.8 Å². The van der Waals surface area contributed by atoms with Crippen LogP contribution >= 0.6 is 0 Å². The number of piperidine rings is 1. The summed E-state index contributed by atoms with van der Waals surface area (Å²) >= 11 is 0. The summed E-state index contributed by atoms with van der Waals surface area (Å²) in [5, 5.41) is 15.2. The number of benzene rings is 3. The lowest BCUT2D eigenvalue weighted by Gasteiger charge is -2.41. The molecule has 244 valence electrons. The molecule has 3 heterocycles. The Morgan fingerprint density at radius 3 is 2.35 bits per heavy atom. The van der Waals surface area contributed by atoms with E-state index in [1.165, 1.54) is 6.92 Å². The van der Waals surface area contributed by atoms with E-state index in [9.17, 15) is 14.7 Å². The predicted octanol–water partition coefficient (Wildman–Crippen LogP) is 4.89. The zero-order valence-electron chi connectivity index (χ0n) is 26.2. The van der Waals surface area contributed by atoms with Crippen LogP contribution in [0.15, 0.2) is 78.9 Å². The number of nitrogens with zero attached hydrogens (tertiary/aromatic N) is 1. The monoisotopic (exact) mass is 629 g/mol. The first-order valence-electron chi connectivity index (χ1n) is 16.1. The minimum Gasteiger partial charge on any atom is -0.392 e. The van der Waals surface area contributed by atoms with Gasteiger partial charge in [-0.3, -0.25) is 4.79 Å². The number of carbonyl (C=O) groups is 2. The molecule has 3 aliphatic heterocycles. The van der Waals surface area contributed by atoms with Crippen molar-refractivity contribution in [3.05, 3.63) is 101 Å². The Labute approximate surface area is 270 Å². The largest absolute Gasteiger partial charge is 0.392 e. The van der Waals surface area contributed by atoms with Crippen molar-refractivity contribution in [3.8, 4) is 0 Å². The Morgan fingerprint density at radius 1 is 0.913 bits per heavy atom. The highest BCUT2D eigenvalue weighted by atomic mass is 16.7. The van der Waals surface area contributed by atoms with Crippen molar-refractivity contribution in [3.63, 3.8) is 0 Å². The normalized spacial score (nSPS) is 23.6. The second-order valence-electron chi connectivity index (χ2n) is 12.3. The van der Waals surface area contributed by atoms with Crippen LogP contribution in [-0.4, -0.2) is 72.6 Å². The molecule has 0 aromatic heterocycles. The molecule has 0 saturated carbocycles. The smallest absolute Gasteiger partial charge is 0.319 e. The minimum absolute atomic E-state index is 0.0170. The van der Waals surface area contributed by atoms with E-state index >= 15 is 0 Å². The second-order valence-corrected chi connectivity index (χ2v) is 12.3. The Kier molecular flexibility index (Phi) is 10.4. The van der Waals surface area contributed by atoms with E-state index in [1.807, 2.05) is 72.8 Å².